The molecule has 1 aliphatic rings. The zero-order chi connectivity index (χ0) is 24.2. The summed E-state index contributed by atoms with van der Waals surface area (Å²) in [6, 6.07) is 20.7. The van der Waals surface area contributed by atoms with E-state index in [1.54, 1.807) is 60.4 Å². The number of benzene rings is 3. The second-order valence-electron chi connectivity index (χ2n) is 7.84. The summed E-state index contributed by atoms with van der Waals surface area (Å²) < 4.78 is 16.0. The lowest BCUT2D eigenvalue weighted by molar-refractivity contribution is -0.135. The molecule has 3 aromatic carbocycles. The van der Waals surface area contributed by atoms with E-state index in [-0.39, 0.29) is 12.5 Å². The van der Waals surface area contributed by atoms with Crippen LogP contribution in [0.5, 0.6) is 5.75 Å². The van der Waals surface area contributed by atoms with Gasteiger partial charge in [-0.05, 0) is 67.4 Å². The number of hydrogen-bond donors (Lipinski definition) is 0. The fraction of sp³-hybridized carbons (Fsp3) is 0.222. The number of para-hydroxylation sites is 1. The maximum absolute atomic E-state index is 13.2. The molecule has 0 aromatic heterocycles. The van der Waals surface area contributed by atoms with Crippen molar-refractivity contribution in [3.63, 3.8) is 0 Å². The van der Waals surface area contributed by atoms with Gasteiger partial charge in [0.15, 0.2) is 0 Å². The van der Waals surface area contributed by atoms with Crippen LogP contribution < -0.4 is 9.64 Å². The third-order valence-electron chi connectivity index (χ3n) is 5.72. The Kier molecular flexibility index (Phi) is 6.63. The molecule has 3 aromatic rings. The third-order valence-corrected chi connectivity index (χ3v) is 5.72. The molecule has 34 heavy (non-hydrogen) atoms. The minimum atomic E-state index is -0.741. The van der Waals surface area contributed by atoms with E-state index in [9.17, 15) is 14.4 Å². The Morgan fingerprint density at radius 1 is 0.882 bits per heavy atom. The van der Waals surface area contributed by atoms with Gasteiger partial charge in [-0.1, -0.05) is 30.3 Å². The molecule has 1 amide bonds. The average Bonchev–Trinajstić information content (AvgIpc) is 2.86. The highest BCUT2D eigenvalue weighted by molar-refractivity contribution is 6.05. The van der Waals surface area contributed by atoms with Crippen molar-refractivity contribution in [1.82, 2.24) is 0 Å². The van der Waals surface area contributed by atoms with Crippen LogP contribution in [0.1, 0.15) is 44.8 Å². The van der Waals surface area contributed by atoms with Gasteiger partial charge < -0.3 is 14.2 Å². The van der Waals surface area contributed by atoms with E-state index in [4.69, 9.17) is 14.2 Å². The summed E-state index contributed by atoms with van der Waals surface area (Å²) in [6.07, 6.45) is -0.741. The topological polar surface area (TPSA) is 82.1 Å². The fourth-order valence-electron chi connectivity index (χ4n) is 3.92. The molecule has 0 N–H and O–H groups in total. The number of anilines is 1. The molecule has 1 saturated heterocycles. The molecule has 7 heteroatoms. The molecular weight excluding hydrogens is 434 g/mol. The number of carbonyl (C=O) groups is 3. The Morgan fingerprint density at radius 2 is 1.50 bits per heavy atom. The van der Waals surface area contributed by atoms with Crippen LogP contribution in [0.3, 0.4) is 0 Å². The standard InChI is InChI=1S/C27H25NO6/c1-4-33-27(31)20-13-15-21(16-14-20)28-23(18-9-11-19(12-10-18)26(30)32-3)24(25(28)29)34-22-8-6-5-7-17(22)2/h5-16,23-24H,4H2,1-3H3/t23-,24-/m0/s1. The third kappa shape index (κ3) is 4.37. The molecule has 7 nitrogen and oxygen atoms in total. The average molecular weight is 459 g/mol. The number of carbonyl (C=O) groups excluding carboxylic acids is 3. The molecule has 174 valence electrons. The Hall–Kier alpha value is -4.13. The molecule has 2 atom stereocenters. The summed E-state index contributed by atoms with van der Waals surface area (Å²) in [5.74, 6) is -0.418. The zero-order valence-electron chi connectivity index (χ0n) is 19.2. The van der Waals surface area contributed by atoms with Gasteiger partial charge >= 0.3 is 11.9 Å². The molecule has 0 aliphatic carbocycles. The van der Waals surface area contributed by atoms with Gasteiger partial charge in [0.2, 0.25) is 6.10 Å². The molecule has 0 bridgehead atoms. The van der Waals surface area contributed by atoms with E-state index in [1.807, 2.05) is 31.2 Å². The maximum Gasteiger partial charge on any atom is 0.338 e. The SMILES string of the molecule is CCOC(=O)c1ccc(N2C(=O)[C@@H](Oc3ccccc3C)[C@@H]2c2ccc(C(=O)OC)cc2)cc1. The lowest BCUT2D eigenvalue weighted by Crippen LogP contribution is -2.61. The lowest BCUT2D eigenvalue weighted by Gasteiger charge is -2.46. The van der Waals surface area contributed by atoms with Crippen molar-refractivity contribution < 1.29 is 28.6 Å². The number of β-lactam (4-membered cyclic amide) rings is 1. The number of aryl methyl sites for hydroxylation is 1. The number of esters is 2. The van der Waals surface area contributed by atoms with E-state index in [2.05, 4.69) is 0 Å². The summed E-state index contributed by atoms with van der Waals surface area (Å²) >= 11 is 0. The summed E-state index contributed by atoms with van der Waals surface area (Å²) in [5, 5.41) is 0. The van der Waals surface area contributed by atoms with E-state index in [0.717, 1.165) is 11.1 Å². The van der Waals surface area contributed by atoms with Crippen LogP contribution in [0, 0.1) is 6.92 Å². The lowest BCUT2D eigenvalue weighted by atomic mass is 9.89. The van der Waals surface area contributed by atoms with E-state index < -0.39 is 24.1 Å². The smallest absolute Gasteiger partial charge is 0.338 e. The first-order valence-electron chi connectivity index (χ1n) is 11.0. The van der Waals surface area contributed by atoms with Gasteiger partial charge in [0.05, 0.1) is 24.8 Å². The molecule has 1 aliphatic heterocycles. The van der Waals surface area contributed by atoms with Gasteiger partial charge in [-0.3, -0.25) is 9.69 Å². The van der Waals surface area contributed by atoms with Crippen LogP contribution in [0.4, 0.5) is 5.69 Å². The summed E-state index contributed by atoms with van der Waals surface area (Å²) in [5.41, 5.74) is 3.18. The Bertz CT molecular complexity index is 1200. The minimum absolute atomic E-state index is 0.200. The predicted octanol–water partition coefficient (Wildman–Crippen LogP) is 4.49. The normalized spacial score (nSPS) is 17.0. The van der Waals surface area contributed by atoms with E-state index in [1.165, 1.54) is 7.11 Å². The fourth-order valence-corrected chi connectivity index (χ4v) is 3.92. The molecule has 0 radical (unpaired) electrons. The van der Waals surface area contributed by atoms with Crippen LogP contribution in [-0.4, -0.2) is 37.7 Å². The Morgan fingerprint density at radius 3 is 2.12 bits per heavy atom. The highest BCUT2D eigenvalue weighted by atomic mass is 16.5. The van der Waals surface area contributed by atoms with Crippen LogP contribution in [-0.2, 0) is 14.3 Å². The highest BCUT2D eigenvalue weighted by Crippen LogP contribution is 2.41. The van der Waals surface area contributed by atoms with Crippen molar-refractivity contribution in [2.75, 3.05) is 18.6 Å². The molecule has 0 unspecified atom stereocenters. The molecule has 0 saturated carbocycles. The van der Waals surface area contributed by atoms with Gasteiger partial charge in [-0.15, -0.1) is 0 Å². The predicted molar refractivity (Wildman–Crippen MR) is 126 cm³/mol. The van der Waals surface area contributed by atoms with Gasteiger partial charge in [-0.2, -0.15) is 0 Å². The minimum Gasteiger partial charge on any atom is -0.478 e. The monoisotopic (exact) mass is 459 g/mol. The molecule has 0 spiro atoms. The highest BCUT2D eigenvalue weighted by Gasteiger charge is 2.51. The van der Waals surface area contributed by atoms with Crippen LogP contribution in [0.15, 0.2) is 72.8 Å². The van der Waals surface area contributed by atoms with Crippen molar-refractivity contribution in [2.45, 2.75) is 26.0 Å². The van der Waals surface area contributed by atoms with Crippen molar-refractivity contribution in [3.05, 3.63) is 95.1 Å². The molecular formula is C27H25NO6. The van der Waals surface area contributed by atoms with Crippen molar-refractivity contribution in [3.8, 4) is 5.75 Å². The van der Waals surface area contributed by atoms with Crippen molar-refractivity contribution in [1.29, 1.82) is 0 Å². The van der Waals surface area contributed by atoms with Gasteiger partial charge in [0.1, 0.15) is 11.8 Å². The molecule has 4 rings (SSSR count). The first kappa shape index (κ1) is 23.0. The number of nitrogens with zero attached hydrogens (tertiary/aromatic N) is 1. The maximum atomic E-state index is 13.2. The zero-order valence-corrected chi connectivity index (χ0v) is 19.2. The Balaban J connectivity index is 1.66. The van der Waals surface area contributed by atoms with Crippen molar-refractivity contribution in [2.24, 2.45) is 0 Å². The summed E-state index contributed by atoms with van der Waals surface area (Å²) in [6.45, 7) is 3.95. The van der Waals surface area contributed by atoms with Crippen LogP contribution in [0.2, 0.25) is 0 Å². The van der Waals surface area contributed by atoms with Gasteiger partial charge in [0.25, 0.3) is 5.91 Å². The number of ether oxygens (including phenoxy) is 3. The number of rotatable bonds is 7. The number of methoxy groups -OCH3 is 1. The van der Waals surface area contributed by atoms with Gasteiger partial charge in [0, 0.05) is 5.69 Å². The summed E-state index contributed by atoms with van der Waals surface area (Å²) in [7, 11) is 1.33. The largest absolute Gasteiger partial charge is 0.478 e. The molecule has 1 heterocycles. The second kappa shape index (κ2) is 9.79. The first-order chi connectivity index (χ1) is 16.4. The van der Waals surface area contributed by atoms with E-state index >= 15 is 0 Å². The quantitative estimate of drug-likeness (QED) is 0.382. The summed E-state index contributed by atoms with van der Waals surface area (Å²) in [4.78, 5) is 38.7. The molecule has 1 fully saturated rings. The van der Waals surface area contributed by atoms with Gasteiger partial charge in [-0.25, -0.2) is 9.59 Å². The van der Waals surface area contributed by atoms with Crippen molar-refractivity contribution >= 4 is 23.5 Å². The first-order valence-corrected chi connectivity index (χ1v) is 11.0. The van der Waals surface area contributed by atoms with E-state index in [0.29, 0.717) is 22.6 Å². The van der Waals surface area contributed by atoms with Crippen LogP contribution in [0.25, 0.3) is 0 Å². The van der Waals surface area contributed by atoms with Crippen LogP contribution >= 0.6 is 0 Å². The number of hydrogen-bond acceptors (Lipinski definition) is 6. The Labute approximate surface area is 197 Å². The number of amides is 1. The second-order valence-corrected chi connectivity index (χ2v) is 7.84.